The van der Waals surface area contributed by atoms with Crippen molar-refractivity contribution in [3.63, 3.8) is 0 Å². The Kier molecular flexibility index (Phi) is 2.64. The fourth-order valence-corrected chi connectivity index (χ4v) is 2.25. The van der Waals surface area contributed by atoms with Gasteiger partial charge in [-0.3, -0.25) is 9.59 Å². The average Bonchev–Trinajstić information content (AvgIpc) is 2.57. The summed E-state index contributed by atoms with van der Waals surface area (Å²) in [6.45, 7) is 1.44. The third kappa shape index (κ3) is 1.78. The molecule has 0 bridgehead atoms. The number of carbonyl (C=O) groups excluding carboxylic acids is 1. The number of benzene rings is 1. The summed E-state index contributed by atoms with van der Waals surface area (Å²) in [4.78, 5) is 22.1. The molecule has 2 rings (SSSR count). The van der Waals surface area contributed by atoms with Gasteiger partial charge in [0.15, 0.2) is 0 Å². The van der Waals surface area contributed by atoms with Crippen molar-refractivity contribution in [3.05, 3.63) is 35.4 Å². The van der Waals surface area contributed by atoms with Crippen LogP contribution in [0.25, 0.3) is 0 Å². The molecule has 1 aliphatic rings. The number of fused-ring (bicyclic) bond motifs is 1. The van der Waals surface area contributed by atoms with Gasteiger partial charge in [-0.25, -0.2) is 0 Å². The summed E-state index contributed by atoms with van der Waals surface area (Å²) in [5, 5.41) is 11.9. The van der Waals surface area contributed by atoms with Gasteiger partial charge in [-0.2, -0.15) is 0 Å². The zero-order chi connectivity index (χ0) is 11.7. The second-order valence-electron chi connectivity index (χ2n) is 4.01. The molecule has 1 aromatic carbocycles. The van der Waals surface area contributed by atoms with Gasteiger partial charge < -0.3 is 10.4 Å². The highest BCUT2D eigenvalue weighted by Crippen LogP contribution is 2.40. The molecule has 1 aliphatic carbocycles. The van der Waals surface area contributed by atoms with Gasteiger partial charge in [0.05, 0.1) is 12.0 Å². The Bertz CT molecular complexity index is 442. The van der Waals surface area contributed by atoms with Crippen molar-refractivity contribution < 1.29 is 14.7 Å². The van der Waals surface area contributed by atoms with Crippen LogP contribution < -0.4 is 5.32 Å². The standard InChI is InChI=1S/C12H13NO3/c1-7(14)13-11-6-10(12(15)16)8-4-2-3-5-9(8)11/h2-5,10-11H,6H2,1H3,(H,13,14)(H,15,16)/t10-,11+/m0/s1. The molecule has 0 spiro atoms. The maximum Gasteiger partial charge on any atom is 0.311 e. The molecule has 16 heavy (non-hydrogen) atoms. The molecule has 0 saturated carbocycles. The Balaban J connectivity index is 2.35. The van der Waals surface area contributed by atoms with Gasteiger partial charge in [0.25, 0.3) is 0 Å². The molecule has 1 aromatic rings. The second kappa shape index (κ2) is 3.96. The highest BCUT2D eigenvalue weighted by atomic mass is 16.4. The van der Waals surface area contributed by atoms with Gasteiger partial charge in [0.2, 0.25) is 5.91 Å². The summed E-state index contributed by atoms with van der Waals surface area (Å²) in [5.41, 5.74) is 1.74. The molecule has 4 nitrogen and oxygen atoms in total. The van der Waals surface area contributed by atoms with Gasteiger partial charge in [0, 0.05) is 6.92 Å². The number of aliphatic carboxylic acids is 1. The molecule has 0 fully saturated rings. The zero-order valence-electron chi connectivity index (χ0n) is 8.93. The number of hydrogen-bond acceptors (Lipinski definition) is 2. The van der Waals surface area contributed by atoms with Crippen LogP contribution in [0.4, 0.5) is 0 Å². The Morgan fingerprint density at radius 1 is 1.31 bits per heavy atom. The van der Waals surface area contributed by atoms with Crippen molar-refractivity contribution in [3.8, 4) is 0 Å². The van der Waals surface area contributed by atoms with E-state index in [1.807, 2.05) is 24.3 Å². The van der Waals surface area contributed by atoms with E-state index < -0.39 is 11.9 Å². The first-order chi connectivity index (χ1) is 7.59. The van der Waals surface area contributed by atoms with Crippen LogP contribution in [0.1, 0.15) is 36.4 Å². The first-order valence-electron chi connectivity index (χ1n) is 5.18. The van der Waals surface area contributed by atoms with E-state index in [0.29, 0.717) is 6.42 Å². The van der Waals surface area contributed by atoms with Crippen LogP contribution in [0, 0.1) is 0 Å². The van der Waals surface area contributed by atoms with Crippen molar-refractivity contribution in [2.45, 2.75) is 25.3 Å². The lowest BCUT2D eigenvalue weighted by Crippen LogP contribution is -2.24. The van der Waals surface area contributed by atoms with E-state index in [9.17, 15) is 9.59 Å². The first kappa shape index (κ1) is 10.7. The number of hydrogen-bond donors (Lipinski definition) is 2. The summed E-state index contributed by atoms with van der Waals surface area (Å²) >= 11 is 0. The minimum Gasteiger partial charge on any atom is -0.481 e. The summed E-state index contributed by atoms with van der Waals surface area (Å²) in [6.07, 6.45) is 0.439. The number of amides is 1. The van der Waals surface area contributed by atoms with E-state index in [-0.39, 0.29) is 11.9 Å². The largest absolute Gasteiger partial charge is 0.481 e. The lowest BCUT2D eigenvalue weighted by molar-refractivity contribution is -0.139. The van der Waals surface area contributed by atoms with Crippen molar-refractivity contribution in [1.82, 2.24) is 5.32 Å². The van der Waals surface area contributed by atoms with Crippen LogP contribution in [0.15, 0.2) is 24.3 Å². The highest BCUT2D eigenvalue weighted by Gasteiger charge is 2.35. The Morgan fingerprint density at radius 2 is 1.94 bits per heavy atom. The number of carbonyl (C=O) groups is 2. The van der Waals surface area contributed by atoms with Crippen molar-refractivity contribution in [2.75, 3.05) is 0 Å². The van der Waals surface area contributed by atoms with E-state index in [2.05, 4.69) is 5.32 Å². The van der Waals surface area contributed by atoms with E-state index >= 15 is 0 Å². The predicted octanol–water partition coefficient (Wildman–Crippen LogP) is 1.44. The summed E-state index contributed by atoms with van der Waals surface area (Å²) in [7, 11) is 0. The van der Waals surface area contributed by atoms with Gasteiger partial charge in [-0.15, -0.1) is 0 Å². The molecule has 2 N–H and O–H groups in total. The number of carboxylic acids is 1. The smallest absolute Gasteiger partial charge is 0.311 e. The monoisotopic (exact) mass is 219 g/mol. The van der Waals surface area contributed by atoms with Crippen LogP contribution in [0.5, 0.6) is 0 Å². The van der Waals surface area contributed by atoms with Crippen molar-refractivity contribution in [2.24, 2.45) is 0 Å². The molecule has 0 aromatic heterocycles. The maximum atomic E-state index is 11.1. The molecule has 0 heterocycles. The van der Waals surface area contributed by atoms with Crippen LogP contribution >= 0.6 is 0 Å². The molecular formula is C12H13NO3. The lowest BCUT2D eigenvalue weighted by Gasteiger charge is -2.11. The van der Waals surface area contributed by atoms with Crippen molar-refractivity contribution >= 4 is 11.9 Å². The molecule has 0 unspecified atom stereocenters. The molecular weight excluding hydrogens is 206 g/mol. The van der Waals surface area contributed by atoms with Gasteiger partial charge in [-0.05, 0) is 17.5 Å². The van der Waals surface area contributed by atoms with E-state index in [4.69, 9.17) is 5.11 Å². The zero-order valence-corrected chi connectivity index (χ0v) is 8.93. The lowest BCUT2D eigenvalue weighted by atomic mass is 10.0. The number of nitrogens with one attached hydrogen (secondary N) is 1. The molecule has 0 radical (unpaired) electrons. The normalized spacial score (nSPS) is 22.6. The minimum atomic E-state index is -0.833. The van der Waals surface area contributed by atoms with Gasteiger partial charge in [-0.1, -0.05) is 24.3 Å². The first-order valence-corrected chi connectivity index (χ1v) is 5.18. The van der Waals surface area contributed by atoms with Gasteiger partial charge >= 0.3 is 5.97 Å². The summed E-state index contributed by atoms with van der Waals surface area (Å²) in [5.74, 6) is -1.47. The third-order valence-electron chi connectivity index (χ3n) is 2.89. The van der Waals surface area contributed by atoms with Crippen LogP contribution in [0.3, 0.4) is 0 Å². The van der Waals surface area contributed by atoms with E-state index in [1.165, 1.54) is 6.92 Å². The fraction of sp³-hybridized carbons (Fsp3) is 0.333. The highest BCUT2D eigenvalue weighted by molar-refractivity contribution is 5.79. The molecule has 0 saturated heterocycles. The minimum absolute atomic E-state index is 0.133. The van der Waals surface area contributed by atoms with Gasteiger partial charge in [0.1, 0.15) is 0 Å². The Hall–Kier alpha value is -1.84. The molecule has 2 atom stereocenters. The predicted molar refractivity (Wildman–Crippen MR) is 58.0 cm³/mol. The van der Waals surface area contributed by atoms with E-state index in [0.717, 1.165) is 11.1 Å². The molecule has 4 heteroatoms. The number of rotatable bonds is 2. The van der Waals surface area contributed by atoms with Crippen molar-refractivity contribution in [1.29, 1.82) is 0 Å². The SMILES string of the molecule is CC(=O)N[C@@H]1C[C@H](C(=O)O)c2ccccc21. The summed E-state index contributed by atoms with van der Waals surface area (Å²) in [6, 6.07) is 7.20. The van der Waals surface area contributed by atoms with E-state index in [1.54, 1.807) is 0 Å². The third-order valence-corrected chi connectivity index (χ3v) is 2.89. The fourth-order valence-electron chi connectivity index (χ4n) is 2.25. The average molecular weight is 219 g/mol. The second-order valence-corrected chi connectivity index (χ2v) is 4.01. The topological polar surface area (TPSA) is 66.4 Å². The summed E-state index contributed by atoms with van der Waals surface area (Å²) < 4.78 is 0. The molecule has 1 amide bonds. The van der Waals surface area contributed by atoms with Crippen LogP contribution in [-0.4, -0.2) is 17.0 Å². The Morgan fingerprint density at radius 3 is 2.50 bits per heavy atom. The van der Waals surface area contributed by atoms with Crippen LogP contribution in [-0.2, 0) is 9.59 Å². The maximum absolute atomic E-state index is 11.1. The Labute approximate surface area is 93.3 Å². The quantitative estimate of drug-likeness (QED) is 0.790. The number of carboxylic acid groups (broad SMARTS) is 1. The van der Waals surface area contributed by atoms with Crippen LogP contribution in [0.2, 0.25) is 0 Å². The molecule has 0 aliphatic heterocycles. The molecule has 84 valence electrons.